The normalized spacial score (nSPS) is 10.1. The molecule has 0 fully saturated rings. The standard InChI is InChI=1S/C18H21FN2O2S/c1-21(11-12-23-17-9-7-16(22-2)8-10-17)18(24)20-13-14-3-5-15(19)6-4-14/h3-10H,11-13H2,1-2H3,(H,20,24). The Kier molecular flexibility index (Phi) is 6.81. The van der Waals surface area contributed by atoms with Gasteiger partial charge in [-0.15, -0.1) is 0 Å². The lowest BCUT2D eigenvalue weighted by Crippen LogP contribution is -2.38. The molecule has 0 spiro atoms. The summed E-state index contributed by atoms with van der Waals surface area (Å²) in [7, 11) is 3.53. The van der Waals surface area contributed by atoms with Crippen LogP contribution in [0.1, 0.15) is 5.56 Å². The van der Waals surface area contributed by atoms with E-state index in [1.165, 1.54) is 12.1 Å². The third kappa shape index (κ3) is 5.70. The highest BCUT2D eigenvalue weighted by molar-refractivity contribution is 7.80. The van der Waals surface area contributed by atoms with Gasteiger partial charge in [-0.3, -0.25) is 0 Å². The summed E-state index contributed by atoms with van der Waals surface area (Å²) in [5.74, 6) is 1.34. The van der Waals surface area contributed by atoms with Gasteiger partial charge in [-0.1, -0.05) is 12.1 Å². The third-order valence-electron chi connectivity index (χ3n) is 3.46. The number of nitrogens with one attached hydrogen (secondary N) is 1. The lowest BCUT2D eigenvalue weighted by Gasteiger charge is -2.21. The first-order chi connectivity index (χ1) is 11.6. The van der Waals surface area contributed by atoms with Crippen molar-refractivity contribution >= 4 is 17.3 Å². The Morgan fingerprint density at radius 1 is 1.08 bits per heavy atom. The van der Waals surface area contributed by atoms with E-state index < -0.39 is 0 Å². The van der Waals surface area contributed by atoms with Crippen LogP contribution in [-0.4, -0.2) is 37.3 Å². The molecule has 128 valence electrons. The Bertz CT molecular complexity index is 647. The predicted octanol–water partition coefficient (Wildman–Crippen LogP) is 3.22. The van der Waals surface area contributed by atoms with Crippen molar-refractivity contribution < 1.29 is 13.9 Å². The fourth-order valence-corrected chi connectivity index (χ4v) is 2.15. The number of rotatable bonds is 7. The number of nitrogens with zero attached hydrogens (tertiary/aromatic N) is 1. The topological polar surface area (TPSA) is 33.7 Å². The molecule has 0 amide bonds. The maximum Gasteiger partial charge on any atom is 0.169 e. The van der Waals surface area contributed by atoms with E-state index in [-0.39, 0.29) is 5.82 Å². The number of ether oxygens (including phenoxy) is 2. The average Bonchev–Trinajstić information content (AvgIpc) is 2.61. The number of hydrogen-bond acceptors (Lipinski definition) is 3. The van der Waals surface area contributed by atoms with Crippen molar-refractivity contribution in [1.29, 1.82) is 0 Å². The van der Waals surface area contributed by atoms with Crippen LogP contribution in [0.15, 0.2) is 48.5 Å². The van der Waals surface area contributed by atoms with Gasteiger partial charge >= 0.3 is 0 Å². The quantitative estimate of drug-likeness (QED) is 0.777. The summed E-state index contributed by atoms with van der Waals surface area (Å²) in [6, 6.07) is 13.8. The molecule has 6 heteroatoms. The van der Waals surface area contributed by atoms with Gasteiger partial charge in [0.2, 0.25) is 0 Å². The van der Waals surface area contributed by atoms with Crippen molar-refractivity contribution in [3.63, 3.8) is 0 Å². The largest absolute Gasteiger partial charge is 0.497 e. The van der Waals surface area contributed by atoms with Gasteiger partial charge in [0.1, 0.15) is 23.9 Å². The van der Waals surface area contributed by atoms with Crippen LogP contribution in [0.5, 0.6) is 11.5 Å². The van der Waals surface area contributed by atoms with Gasteiger partial charge in [-0.2, -0.15) is 0 Å². The van der Waals surface area contributed by atoms with Crippen LogP contribution in [0.4, 0.5) is 4.39 Å². The van der Waals surface area contributed by atoms with Crippen LogP contribution in [0, 0.1) is 5.82 Å². The molecule has 2 aromatic rings. The zero-order chi connectivity index (χ0) is 17.4. The zero-order valence-electron chi connectivity index (χ0n) is 13.8. The van der Waals surface area contributed by atoms with Gasteiger partial charge in [0.25, 0.3) is 0 Å². The summed E-state index contributed by atoms with van der Waals surface area (Å²) in [5, 5.41) is 3.77. The lowest BCUT2D eigenvalue weighted by molar-refractivity contribution is 0.282. The average molecular weight is 348 g/mol. The summed E-state index contributed by atoms with van der Waals surface area (Å²) in [4.78, 5) is 1.91. The van der Waals surface area contributed by atoms with Crippen molar-refractivity contribution in [2.75, 3.05) is 27.3 Å². The smallest absolute Gasteiger partial charge is 0.169 e. The van der Waals surface area contributed by atoms with Crippen LogP contribution in [-0.2, 0) is 6.54 Å². The second-order valence-corrected chi connectivity index (χ2v) is 5.62. The molecular formula is C18H21FN2O2S. The van der Waals surface area contributed by atoms with E-state index in [0.717, 1.165) is 17.1 Å². The van der Waals surface area contributed by atoms with Crippen molar-refractivity contribution in [2.24, 2.45) is 0 Å². The van der Waals surface area contributed by atoms with Crippen molar-refractivity contribution in [3.8, 4) is 11.5 Å². The highest BCUT2D eigenvalue weighted by Gasteiger charge is 2.04. The summed E-state index contributed by atoms with van der Waals surface area (Å²) >= 11 is 5.33. The summed E-state index contributed by atoms with van der Waals surface area (Å²) in [6.45, 7) is 1.73. The molecule has 0 atom stereocenters. The molecule has 0 unspecified atom stereocenters. The van der Waals surface area contributed by atoms with E-state index >= 15 is 0 Å². The molecule has 0 saturated carbocycles. The Balaban J connectivity index is 1.69. The van der Waals surface area contributed by atoms with Gasteiger partial charge in [0.05, 0.1) is 13.7 Å². The molecule has 0 saturated heterocycles. The molecule has 24 heavy (non-hydrogen) atoms. The number of halogens is 1. The van der Waals surface area contributed by atoms with Crippen LogP contribution in [0.3, 0.4) is 0 Å². The fraction of sp³-hybridized carbons (Fsp3) is 0.278. The van der Waals surface area contributed by atoms with E-state index in [0.29, 0.717) is 24.8 Å². The molecule has 2 aromatic carbocycles. The Labute approximate surface area is 147 Å². The van der Waals surface area contributed by atoms with Gasteiger partial charge in [0, 0.05) is 13.6 Å². The van der Waals surface area contributed by atoms with Crippen LogP contribution in [0.25, 0.3) is 0 Å². The molecule has 0 heterocycles. The second-order valence-electron chi connectivity index (χ2n) is 5.23. The number of hydrogen-bond donors (Lipinski definition) is 1. The van der Waals surface area contributed by atoms with Gasteiger partial charge in [-0.05, 0) is 54.2 Å². The van der Waals surface area contributed by atoms with E-state index in [1.807, 2.05) is 36.2 Å². The first-order valence-electron chi connectivity index (χ1n) is 7.59. The highest BCUT2D eigenvalue weighted by Crippen LogP contribution is 2.16. The minimum absolute atomic E-state index is 0.242. The molecule has 4 nitrogen and oxygen atoms in total. The Hall–Kier alpha value is -2.34. The van der Waals surface area contributed by atoms with Gasteiger partial charge < -0.3 is 19.7 Å². The second kappa shape index (κ2) is 9.08. The molecule has 0 aliphatic heterocycles. The van der Waals surface area contributed by atoms with Crippen LogP contribution >= 0.6 is 12.2 Å². The highest BCUT2D eigenvalue weighted by atomic mass is 32.1. The fourth-order valence-electron chi connectivity index (χ4n) is 1.99. The molecule has 0 aliphatic rings. The predicted molar refractivity (Wildman–Crippen MR) is 97.0 cm³/mol. The van der Waals surface area contributed by atoms with Crippen LogP contribution < -0.4 is 14.8 Å². The van der Waals surface area contributed by atoms with E-state index in [2.05, 4.69) is 5.32 Å². The first kappa shape index (κ1) is 18.0. The van der Waals surface area contributed by atoms with Crippen LogP contribution in [0.2, 0.25) is 0 Å². The molecule has 0 aromatic heterocycles. The maximum absolute atomic E-state index is 12.9. The minimum Gasteiger partial charge on any atom is -0.497 e. The summed E-state index contributed by atoms with van der Waals surface area (Å²) in [5.41, 5.74) is 0.974. The van der Waals surface area contributed by atoms with Gasteiger partial charge in [0.15, 0.2) is 5.11 Å². The summed E-state index contributed by atoms with van der Waals surface area (Å²) < 4.78 is 23.6. The maximum atomic E-state index is 12.9. The minimum atomic E-state index is -0.242. The van der Waals surface area contributed by atoms with Crippen molar-refractivity contribution in [1.82, 2.24) is 10.2 Å². The number of likely N-dealkylation sites (N-methyl/N-ethyl adjacent to an activating group) is 1. The van der Waals surface area contributed by atoms with Crippen molar-refractivity contribution in [3.05, 3.63) is 59.9 Å². The Morgan fingerprint density at radius 3 is 2.33 bits per heavy atom. The SMILES string of the molecule is COc1ccc(OCCN(C)C(=S)NCc2ccc(F)cc2)cc1. The van der Waals surface area contributed by atoms with Crippen molar-refractivity contribution in [2.45, 2.75) is 6.54 Å². The molecule has 2 rings (SSSR count). The molecule has 1 N–H and O–H groups in total. The monoisotopic (exact) mass is 348 g/mol. The third-order valence-corrected chi connectivity index (χ3v) is 3.91. The Morgan fingerprint density at radius 2 is 1.71 bits per heavy atom. The zero-order valence-corrected chi connectivity index (χ0v) is 14.6. The molecule has 0 aliphatic carbocycles. The summed E-state index contributed by atoms with van der Waals surface area (Å²) in [6.07, 6.45) is 0. The number of thiocarbonyl (C=S) groups is 1. The number of methoxy groups -OCH3 is 1. The van der Waals surface area contributed by atoms with E-state index in [4.69, 9.17) is 21.7 Å². The van der Waals surface area contributed by atoms with E-state index in [9.17, 15) is 4.39 Å². The molecule has 0 bridgehead atoms. The lowest BCUT2D eigenvalue weighted by atomic mass is 10.2. The first-order valence-corrected chi connectivity index (χ1v) is 7.99. The molecular weight excluding hydrogens is 327 g/mol. The number of benzene rings is 2. The molecule has 0 radical (unpaired) electrons. The van der Waals surface area contributed by atoms with E-state index in [1.54, 1.807) is 19.2 Å². The van der Waals surface area contributed by atoms with Gasteiger partial charge in [-0.25, -0.2) is 4.39 Å².